The van der Waals surface area contributed by atoms with Gasteiger partial charge in [0.25, 0.3) is 5.91 Å². The molecule has 356 valence electrons. The van der Waals surface area contributed by atoms with Crippen molar-refractivity contribution in [2.24, 2.45) is 16.7 Å². The monoisotopic (exact) mass is 891 g/mol. The van der Waals surface area contributed by atoms with E-state index in [0.717, 1.165) is 22.6 Å². The van der Waals surface area contributed by atoms with Crippen molar-refractivity contribution in [1.82, 2.24) is 9.80 Å². The Morgan fingerprint density at radius 2 is 1.03 bits per heavy atom. The van der Waals surface area contributed by atoms with E-state index < -0.39 is 81.0 Å². The number of imide groups is 2. The van der Waals surface area contributed by atoms with E-state index in [1.54, 1.807) is 90.0 Å². The van der Waals surface area contributed by atoms with Crippen LogP contribution in [0.4, 0.5) is 9.59 Å². The molecule has 4 amide bonds. The summed E-state index contributed by atoms with van der Waals surface area (Å²) >= 11 is 0. The second-order valence-electron chi connectivity index (χ2n) is 21.1. The van der Waals surface area contributed by atoms with Crippen LogP contribution in [0.2, 0.25) is 0 Å². The molecule has 17 nitrogen and oxygen atoms in total. The Morgan fingerprint density at radius 1 is 0.651 bits per heavy atom. The minimum atomic E-state index is -1.01. The van der Waals surface area contributed by atoms with Crippen molar-refractivity contribution in [3.8, 4) is 0 Å². The van der Waals surface area contributed by atoms with E-state index in [9.17, 15) is 38.4 Å². The Balaban J connectivity index is 0. The fraction of sp³-hybridized carbons (Fsp3) is 0.778. The summed E-state index contributed by atoms with van der Waals surface area (Å²) in [6, 6.07) is -1.90. The first-order valence-corrected chi connectivity index (χ1v) is 20.4. The molecular weight excluding hydrogens is 815 g/mol. The molecule has 2 saturated carbocycles. The van der Waals surface area contributed by atoms with Crippen molar-refractivity contribution < 1.29 is 91.1 Å². The van der Waals surface area contributed by atoms with Crippen LogP contribution in [-0.2, 0) is 57.2 Å². The third-order valence-electron chi connectivity index (χ3n) is 9.21. The third kappa shape index (κ3) is 18.6. The maximum atomic E-state index is 12.5. The Kier molecular flexibility index (Phi) is 21.2. The molecule has 2 aliphatic carbocycles. The van der Waals surface area contributed by atoms with Gasteiger partial charge in [-0.1, -0.05) is 20.9 Å². The van der Waals surface area contributed by atoms with Crippen LogP contribution >= 0.6 is 0 Å². The number of methoxy groups -OCH3 is 1. The van der Waals surface area contributed by atoms with Gasteiger partial charge in [0, 0.05) is 12.0 Å². The van der Waals surface area contributed by atoms with Crippen molar-refractivity contribution in [1.29, 1.82) is 0 Å². The van der Waals surface area contributed by atoms with E-state index in [2.05, 4.69) is 6.58 Å². The second-order valence-corrected chi connectivity index (χ2v) is 21.1. The number of likely N-dealkylation sites (tertiary alicyclic amines) is 2. The summed E-state index contributed by atoms with van der Waals surface area (Å²) in [5.41, 5.74) is -4.13. The van der Waals surface area contributed by atoms with Crippen LogP contribution in [0.15, 0.2) is 12.2 Å². The van der Waals surface area contributed by atoms with Crippen LogP contribution in [0.25, 0.3) is 0 Å². The number of hydrogen-bond donors (Lipinski definition) is 0. The molecule has 0 bridgehead atoms. The summed E-state index contributed by atoms with van der Waals surface area (Å²) in [5, 5.41) is 0. The van der Waals surface area contributed by atoms with Crippen LogP contribution in [0.3, 0.4) is 0 Å². The molecule has 2 saturated heterocycles. The van der Waals surface area contributed by atoms with Crippen LogP contribution < -0.4 is 18.9 Å². The van der Waals surface area contributed by atoms with Gasteiger partial charge in [-0.05, 0) is 142 Å². The maximum Gasteiger partial charge on any atom is 1.00 e. The SMILES string of the molecule is C.C=C1CC(C(=O)OC(C)(C)C)N(C(=O)OC(C)(C)C)C1=O.CC(C)(C)OC(=O)C1CC2(CC2)C(=O)N1C(=O)OC(C)(C)C.COC(=O)C1(CC(C)C(=O)OC(C)(C)C)CC1.[Li+].[OH-]. The zero-order chi connectivity index (χ0) is 46.8. The molecule has 2 aliphatic heterocycles. The van der Waals surface area contributed by atoms with Gasteiger partial charge in [0.2, 0.25) is 5.91 Å². The summed E-state index contributed by atoms with van der Waals surface area (Å²) in [6.45, 7) is 31.5. The van der Waals surface area contributed by atoms with E-state index >= 15 is 0 Å². The van der Waals surface area contributed by atoms with Crippen molar-refractivity contribution in [2.75, 3.05) is 7.11 Å². The number of ether oxygens (including phenoxy) is 6. The summed E-state index contributed by atoms with van der Waals surface area (Å²) < 4.78 is 31.1. The molecule has 0 aromatic rings. The topological polar surface area (TPSA) is 228 Å². The van der Waals surface area contributed by atoms with E-state index in [1.807, 2.05) is 20.8 Å². The molecule has 1 N–H and O–H groups in total. The van der Waals surface area contributed by atoms with Gasteiger partial charge < -0.3 is 33.9 Å². The number of nitrogens with zero attached hydrogens (tertiary/aromatic N) is 2. The first-order valence-electron chi connectivity index (χ1n) is 20.4. The van der Waals surface area contributed by atoms with Gasteiger partial charge in [-0.15, -0.1) is 0 Å². The summed E-state index contributed by atoms with van der Waals surface area (Å²) in [7, 11) is 1.39. The predicted octanol–water partition coefficient (Wildman–Crippen LogP) is 4.84. The van der Waals surface area contributed by atoms with Gasteiger partial charge in [0.1, 0.15) is 40.1 Å². The van der Waals surface area contributed by atoms with Crippen molar-refractivity contribution >= 4 is 47.9 Å². The molecule has 3 unspecified atom stereocenters. The Morgan fingerprint density at radius 3 is 1.38 bits per heavy atom. The average molecular weight is 891 g/mol. The number of esters is 4. The minimum Gasteiger partial charge on any atom is -0.870 e. The molecule has 4 rings (SSSR count). The number of carbonyl (C=O) groups excluding carboxylic acids is 8. The fourth-order valence-electron chi connectivity index (χ4n) is 6.33. The van der Waals surface area contributed by atoms with Crippen LogP contribution in [0.1, 0.15) is 163 Å². The predicted molar refractivity (Wildman–Crippen MR) is 227 cm³/mol. The fourth-order valence-corrected chi connectivity index (χ4v) is 6.33. The van der Waals surface area contributed by atoms with Gasteiger partial charge in [-0.2, -0.15) is 0 Å². The maximum absolute atomic E-state index is 12.5. The van der Waals surface area contributed by atoms with Crippen LogP contribution in [0, 0.1) is 16.7 Å². The van der Waals surface area contributed by atoms with Gasteiger partial charge in [-0.25, -0.2) is 29.0 Å². The summed E-state index contributed by atoms with van der Waals surface area (Å²) in [6.07, 6.45) is 2.34. The van der Waals surface area contributed by atoms with Crippen molar-refractivity contribution in [3.63, 3.8) is 0 Å². The Labute approximate surface area is 386 Å². The van der Waals surface area contributed by atoms with Crippen molar-refractivity contribution in [2.45, 2.75) is 203 Å². The van der Waals surface area contributed by atoms with E-state index in [4.69, 9.17) is 28.4 Å². The van der Waals surface area contributed by atoms with Crippen molar-refractivity contribution in [3.05, 3.63) is 12.2 Å². The molecule has 0 radical (unpaired) electrons. The Bertz CT molecular complexity index is 1700. The van der Waals surface area contributed by atoms with Crippen LogP contribution in [-0.4, -0.2) is 110 Å². The van der Waals surface area contributed by atoms with E-state index in [0.29, 0.717) is 25.7 Å². The molecule has 0 aromatic carbocycles. The number of hydrogen-bond acceptors (Lipinski definition) is 15. The molecule has 4 fully saturated rings. The smallest absolute Gasteiger partial charge is 0.870 e. The summed E-state index contributed by atoms with van der Waals surface area (Å²) in [4.78, 5) is 98.7. The quantitative estimate of drug-likeness (QED) is 0.151. The van der Waals surface area contributed by atoms with E-state index in [1.165, 1.54) is 7.11 Å². The first kappa shape index (κ1) is 61.1. The summed E-state index contributed by atoms with van der Waals surface area (Å²) in [5.74, 6) is -2.80. The molecule has 1 spiro atoms. The molecule has 2 heterocycles. The average Bonchev–Trinajstić information content (AvgIpc) is 3.94. The zero-order valence-electron chi connectivity index (χ0n) is 40.4. The number of carbonyl (C=O) groups is 8. The standard InChI is InChI=1S/C16H25NO5.C15H23NO5.C13H22O4.CH4.Li.H2O/c1-14(2,3)21-11(18)10-9-16(7-8-16)12(19)17(10)13(20)22-15(4,5)6;1-9-8-10(12(18)20-14(2,3)4)16(11(9)17)13(19)21-15(5,6)7;1-9(10(14)17-12(2,3)4)8-13(6-7-13)11(15)16-5;;;/h10H,7-9H2,1-6H3;10H,1,8H2,2-7H3;9H,6-8H2,1-5H3;1H4;;1H2/q;;;;+1;/p-1. The van der Waals surface area contributed by atoms with Gasteiger partial charge in [0.15, 0.2) is 0 Å². The molecule has 4 aliphatic rings. The van der Waals surface area contributed by atoms with Crippen LogP contribution in [0.5, 0.6) is 0 Å². The number of rotatable bonds is 6. The second kappa shape index (κ2) is 21.8. The normalized spacial score (nSPS) is 20.0. The molecule has 63 heavy (non-hydrogen) atoms. The van der Waals surface area contributed by atoms with Gasteiger partial charge in [0.05, 0.1) is 23.9 Å². The first-order chi connectivity index (χ1) is 26.9. The third-order valence-corrected chi connectivity index (χ3v) is 9.21. The van der Waals surface area contributed by atoms with Gasteiger partial charge in [-0.3, -0.25) is 19.2 Å². The zero-order valence-corrected chi connectivity index (χ0v) is 40.4. The largest absolute Gasteiger partial charge is 1.00 e. The van der Waals surface area contributed by atoms with Gasteiger partial charge >= 0.3 is 54.9 Å². The minimum absolute atomic E-state index is 0. The van der Waals surface area contributed by atoms with E-state index in [-0.39, 0.29) is 67.5 Å². The molecular formula is C45H75LiN2O15. The molecule has 3 atom stereocenters. The molecule has 0 aromatic heterocycles. The molecule has 18 heteroatoms. The Hall–Kier alpha value is -3.94. The number of amides is 4.